The van der Waals surface area contributed by atoms with Crippen molar-refractivity contribution in [3.63, 3.8) is 0 Å². The number of hydrogen-bond acceptors (Lipinski definition) is 3. The minimum Gasteiger partial charge on any atom is -0.354 e. The number of rotatable bonds is 5. The average molecular weight is 312 g/mol. The third kappa shape index (κ3) is 3.45. The van der Waals surface area contributed by atoms with Crippen LogP contribution in [0.1, 0.15) is 24.0 Å². The molecular formula is C18H24N4O. The number of nitrogens with zero attached hydrogens (tertiary/aromatic N) is 2. The molecule has 0 atom stereocenters. The molecule has 5 heteroatoms. The number of hydrogen-bond donors (Lipinski definition) is 2. The van der Waals surface area contributed by atoms with Gasteiger partial charge in [-0.15, -0.1) is 0 Å². The number of aromatic nitrogens is 2. The van der Waals surface area contributed by atoms with Crippen LogP contribution in [-0.2, 0) is 16.8 Å². The fraction of sp³-hybridized carbons (Fsp3) is 0.444. The van der Waals surface area contributed by atoms with Gasteiger partial charge in [-0.1, -0.05) is 29.8 Å². The second-order valence-electron chi connectivity index (χ2n) is 6.23. The number of amides is 1. The number of nitrogens with one attached hydrogen (secondary N) is 2. The minimum atomic E-state index is -0.554. The van der Waals surface area contributed by atoms with Gasteiger partial charge >= 0.3 is 0 Å². The van der Waals surface area contributed by atoms with Gasteiger partial charge in [0.2, 0.25) is 5.91 Å². The monoisotopic (exact) mass is 312 g/mol. The Hall–Kier alpha value is -2.14. The van der Waals surface area contributed by atoms with E-state index >= 15 is 0 Å². The molecule has 0 aliphatic carbocycles. The van der Waals surface area contributed by atoms with Crippen molar-refractivity contribution in [1.29, 1.82) is 0 Å². The molecule has 5 nitrogen and oxygen atoms in total. The Labute approximate surface area is 137 Å². The van der Waals surface area contributed by atoms with Crippen LogP contribution in [0.15, 0.2) is 42.7 Å². The standard InChI is InChI=1S/C18H24N4O/c1-15-4-2-5-16(14-15)6-10-20-17(23)18(7-11-19-12-8-18)22-13-3-9-21-22/h2-5,9,13-14,19H,6-8,10-12H2,1H3,(H,20,23). The first-order valence-electron chi connectivity index (χ1n) is 8.25. The lowest BCUT2D eigenvalue weighted by molar-refractivity contribution is -0.131. The van der Waals surface area contributed by atoms with E-state index in [9.17, 15) is 4.79 Å². The van der Waals surface area contributed by atoms with Gasteiger partial charge in [0, 0.05) is 18.9 Å². The van der Waals surface area contributed by atoms with E-state index in [4.69, 9.17) is 0 Å². The molecule has 23 heavy (non-hydrogen) atoms. The van der Waals surface area contributed by atoms with E-state index in [0.717, 1.165) is 32.4 Å². The van der Waals surface area contributed by atoms with E-state index in [1.807, 2.05) is 16.9 Å². The van der Waals surface area contributed by atoms with Crippen LogP contribution in [-0.4, -0.2) is 35.3 Å². The number of benzene rings is 1. The number of carbonyl (C=O) groups is 1. The van der Waals surface area contributed by atoms with Crippen LogP contribution in [0.5, 0.6) is 0 Å². The van der Waals surface area contributed by atoms with Crippen LogP contribution >= 0.6 is 0 Å². The van der Waals surface area contributed by atoms with Crippen molar-refractivity contribution in [2.75, 3.05) is 19.6 Å². The number of carbonyl (C=O) groups excluding carboxylic acids is 1. The summed E-state index contributed by atoms with van der Waals surface area (Å²) in [5, 5.41) is 10.8. The lowest BCUT2D eigenvalue weighted by atomic mass is 9.87. The lowest BCUT2D eigenvalue weighted by Gasteiger charge is -2.36. The molecule has 3 rings (SSSR count). The van der Waals surface area contributed by atoms with Crippen molar-refractivity contribution in [3.8, 4) is 0 Å². The zero-order valence-corrected chi connectivity index (χ0v) is 13.6. The summed E-state index contributed by atoms with van der Waals surface area (Å²) in [7, 11) is 0. The summed E-state index contributed by atoms with van der Waals surface area (Å²) in [5.41, 5.74) is 1.95. The SMILES string of the molecule is Cc1cccc(CCNC(=O)C2(n3cccn3)CCNCC2)c1. The van der Waals surface area contributed by atoms with Crippen LogP contribution in [0.2, 0.25) is 0 Å². The van der Waals surface area contributed by atoms with Crippen LogP contribution in [0.4, 0.5) is 0 Å². The molecule has 1 aromatic carbocycles. The largest absolute Gasteiger partial charge is 0.354 e. The first-order chi connectivity index (χ1) is 11.2. The Bertz CT molecular complexity index is 645. The van der Waals surface area contributed by atoms with Gasteiger partial charge in [-0.2, -0.15) is 5.10 Å². The maximum atomic E-state index is 12.9. The highest BCUT2D eigenvalue weighted by Gasteiger charge is 2.41. The molecule has 1 aliphatic heterocycles. The summed E-state index contributed by atoms with van der Waals surface area (Å²) in [6.45, 7) is 4.42. The lowest BCUT2D eigenvalue weighted by Crippen LogP contribution is -2.54. The maximum absolute atomic E-state index is 12.9. The van der Waals surface area contributed by atoms with Crippen molar-refractivity contribution in [2.24, 2.45) is 0 Å². The summed E-state index contributed by atoms with van der Waals surface area (Å²) in [4.78, 5) is 12.9. The van der Waals surface area contributed by atoms with Crippen LogP contribution in [0.3, 0.4) is 0 Å². The van der Waals surface area contributed by atoms with Gasteiger partial charge in [-0.05, 0) is 50.9 Å². The number of piperidine rings is 1. The predicted molar refractivity (Wildman–Crippen MR) is 90.2 cm³/mol. The summed E-state index contributed by atoms with van der Waals surface area (Å²) in [6, 6.07) is 10.3. The zero-order chi connectivity index (χ0) is 16.1. The van der Waals surface area contributed by atoms with E-state index in [0.29, 0.717) is 6.54 Å². The second kappa shape index (κ2) is 6.96. The van der Waals surface area contributed by atoms with E-state index in [2.05, 4.69) is 46.9 Å². The van der Waals surface area contributed by atoms with Gasteiger partial charge in [0.15, 0.2) is 0 Å². The fourth-order valence-electron chi connectivity index (χ4n) is 3.28. The van der Waals surface area contributed by atoms with Gasteiger partial charge < -0.3 is 10.6 Å². The summed E-state index contributed by atoms with van der Waals surface area (Å²) < 4.78 is 1.83. The topological polar surface area (TPSA) is 59.0 Å². The third-order valence-electron chi connectivity index (χ3n) is 4.58. The maximum Gasteiger partial charge on any atom is 0.248 e. The Balaban J connectivity index is 1.65. The molecule has 2 aromatic rings. The van der Waals surface area contributed by atoms with E-state index in [1.54, 1.807) is 6.20 Å². The van der Waals surface area contributed by atoms with Crippen LogP contribution < -0.4 is 10.6 Å². The highest BCUT2D eigenvalue weighted by Crippen LogP contribution is 2.27. The molecule has 0 bridgehead atoms. The van der Waals surface area contributed by atoms with Gasteiger partial charge in [0.25, 0.3) is 0 Å². The minimum absolute atomic E-state index is 0.0790. The molecule has 2 heterocycles. The Kier molecular flexibility index (Phi) is 4.76. The predicted octanol–water partition coefficient (Wildman–Crippen LogP) is 1.63. The van der Waals surface area contributed by atoms with Gasteiger partial charge in [0.05, 0.1) is 0 Å². The van der Waals surface area contributed by atoms with Crippen molar-refractivity contribution in [2.45, 2.75) is 31.7 Å². The molecule has 1 amide bonds. The first-order valence-corrected chi connectivity index (χ1v) is 8.25. The molecule has 1 fully saturated rings. The Morgan fingerprint density at radius 2 is 2.17 bits per heavy atom. The molecular weight excluding hydrogens is 288 g/mol. The zero-order valence-electron chi connectivity index (χ0n) is 13.6. The first kappa shape index (κ1) is 15.7. The smallest absolute Gasteiger partial charge is 0.248 e. The summed E-state index contributed by atoms with van der Waals surface area (Å²) in [6.07, 6.45) is 6.02. The van der Waals surface area contributed by atoms with E-state index < -0.39 is 5.54 Å². The average Bonchev–Trinajstić information content (AvgIpc) is 3.10. The van der Waals surface area contributed by atoms with Crippen molar-refractivity contribution < 1.29 is 4.79 Å². The van der Waals surface area contributed by atoms with Gasteiger partial charge in [-0.3, -0.25) is 9.48 Å². The van der Waals surface area contributed by atoms with E-state index in [-0.39, 0.29) is 5.91 Å². The molecule has 1 saturated heterocycles. The molecule has 122 valence electrons. The molecule has 1 aromatic heterocycles. The second-order valence-corrected chi connectivity index (χ2v) is 6.23. The van der Waals surface area contributed by atoms with E-state index in [1.165, 1.54) is 11.1 Å². The van der Waals surface area contributed by atoms with Gasteiger partial charge in [0.1, 0.15) is 5.54 Å². The van der Waals surface area contributed by atoms with Crippen molar-refractivity contribution in [3.05, 3.63) is 53.9 Å². The quantitative estimate of drug-likeness (QED) is 0.882. The fourth-order valence-corrected chi connectivity index (χ4v) is 3.28. The highest BCUT2D eigenvalue weighted by molar-refractivity contribution is 5.84. The van der Waals surface area contributed by atoms with Crippen LogP contribution in [0, 0.1) is 6.92 Å². The van der Waals surface area contributed by atoms with Crippen LogP contribution in [0.25, 0.3) is 0 Å². The summed E-state index contributed by atoms with van der Waals surface area (Å²) in [5.74, 6) is 0.0790. The molecule has 2 N–H and O–H groups in total. The molecule has 0 saturated carbocycles. The molecule has 0 spiro atoms. The third-order valence-corrected chi connectivity index (χ3v) is 4.58. The van der Waals surface area contributed by atoms with Crippen molar-refractivity contribution >= 4 is 5.91 Å². The normalized spacial score (nSPS) is 16.9. The number of aryl methyl sites for hydroxylation is 1. The highest BCUT2D eigenvalue weighted by atomic mass is 16.2. The Morgan fingerprint density at radius 1 is 1.35 bits per heavy atom. The van der Waals surface area contributed by atoms with Gasteiger partial charge in [-0.25, -0.2) is 0 Å². The summed E-state index contributed by atoms with van der Waals surface area (Å²) >= 11 is 0. The molecule has 0 radical (unpaired) electrons. The molecule has 0 unspecified atom stereocenters. The van der Waals surface area contributed by atoms with Crippen molar-refractivity contribution in [1.82, 2.24) is 20.4 Å². The Morgan fingerprint density at radius 3 is 2.87 bits per heavy atom. The molecule has 1 aliphatic rings.